The van der Waals surface area contributed by atoms with E-state index in [0.717, 1.165) is 70.6 Å². The molecule has 292 valence electrons. The van der Waals surface area contributed by atoms with Crippen molar-refractivity contribution < 1.29 is 32.9 Å². The zero-order valence-corrected chi connectivity index (χ0v) is 33.7. The highest BCUT2D eigenvalue weighted by molar-refractivity contribution is 7.47. The van der Waals surface area contributed by atoms with Gasteiger partial charge in [-0.05, 0) is 70.6 Å². The van der Waals surface area contributed by atoms with Gasteiger partial charge in [0.2, 0.25) is 5.91 Å². The number of hydrogen-bond donors (Lipinski definition) is 3. The number of hydrogen-bond acceptors (Lipinski definition) is 5. The third-order valence-electron chi connectivity index (χ3n) is 7.87. The molecule has 1 amide bonds. The maximum atomic E-state index is 12.8. The van der Waals surface area contributed by atoms with Gasteiger partial charge in [-0.1, -0.05) is 131 Å². The maximum Gasteiger partial charge on any atom is 0.472 e. The minimum absolute atomic E-state index is 0.0474. The van der Waals surface area contributed by atoms with Gasteiger partial charge in [-0.2, -0.15) is 0 Å². The number of quaternary nitrogens is 1. The van der Waals surface area contributed by atoms with Gasteiger partial charge in [-0.3, -0.25) is 13.8 Å². The van der Waals surface area contributed by atoms with Crippen LogP contribution in [0.2, 0.25) is 0 Å². The fourth-order valence-electron chi connectivity index (χ4n) is 4.75. The van der Waals surface area contributed by atoms with E-state index < -0.39 is 20.0 Å². The van der Waals surface area contributed by atoms with Gasteiger partial charge in [0, 0.05) is 6.42 Å². The number of unbranched alkanes of at least 4 members (excludes halogenated alkanes) is 8. The Bertz CT molecular complexity index is 1100. The Morgan fingerprint density at radius 3 is 1.73 bits per heavy atom. The Morgan fingerprint density at radius 1 is 0.686 bits per heavy atom. The Balaban J connectivity index is 4.50. The number of likely N-dealkylation sites (N-methyl/N-ethyl adjacent to an activating group) is 1. The summed E-state index contributed by atoms with van der Waals surface area (Å²) in [6.45, 7) is 4.58. The summed E-state index contributed by atoms with van der Waals surface area (Å²) in [5.41, 5.74) is 0. The van der Waals surface area contributed by atoms with Crippen LogP contribution in [0.15, 0.2) is 85.1 Å². The molecule has 9 heteroatoms. The maximum absolute atomic E-state index is 12.8. The molecule has 3 N–H and O–H groups in total. The molecule has 8 nitrogen and oxygen atoms in total. The summed E-state index contributed by atoms with van der Waals surface area (Å²) in [4.78, 5) is 22.9. The number of aliphatic hydroxyl groups excluding tert-OH is 1. The molecule has 0 bridgehead atoms. The smallest absolute Gasteiger partial charge is 0.387 e. The van der Waals surface area contributed by atoms with Gasteiger partial charge in [0.25, 0.3) is 0 Å². The number of carbonyl (C=O) groups excluding carboxylic acids is 1. The Labute approximate surface area is 312 Å². The van der Waals surface area contributed by atoms with Gasteiger partial charge in [0.05, 0.1) is 39.9 Å². The molecule has 3 unspecified atom stereocenters. The van der Waals surface area contributed by atoms with E-state index in [2.05, 4.69) is 92.1 Å². The molecule has 0 heterocycles. The van der Waals surface area contributed by atoms with Crippen LogP contribution in [0, 0.1) is 0 Å². The molecule has 0 aromatic carbocycles. The molecule has 0 aromatic rings. The van der Waals surface area contributed by atoms with Crippen LogP contribution in [0.3, 0.4) is 0 Å². The van der Waals surface area contributed by atoms with E-state index in [0.29, 0.717) is 23.9 Å². The molecule has 0 rings (SSSR count). The lowest BCUT2D eigenvalue weighted by Crippen LogP contribution is -2.45. The van der Waals surface area contributed by atoms with Crippen LogP contribution in [-0.4, -0.2) is 73.4 Å². The minimum atomic E-state index is -4.34. The second kappa shape index (κ2) is 33.5. The van der Waals surface area contributed by atoms with Crippen molar-refractivity contribution in [3.63, 3.8) is 0 Å². The highest BCUT2D eigenvalue weighted by atomic mass is 31.2. The van der Waals surface area contributed by atoms with Crippen LogP contribution in [0.5, 0.6) is 0 Å². The Kier molecular flexibility index (Phi) is 32.0. The van der Waals surface area contributed by atoms with E-state index in [-0.39, 0.29) is 19.1 Å². The molecule has 0 radical (unpaired) electrons. The number of phosphoric ester groups is 1. The molecule has 3 atom stereocenters. The van der Waals surface area contributed by atoms with E-state index in [1.54, 1.807) is 6.08 Å². The van der Waals surface area contributed by atoms with Crippen LogP contribution in [-0.2, 0) is 18.4 Å². The molecule has 0 aliphatic rings. The first-order chi connectivity index (χ1) is 24.5. The number of aliphatic hydroxyl groups is 1. The summed E-state index contributed by atoms with van der Waals surface area (Å²) in [6, 6.07) is -0.871. The first-order valence-corrected chi connectivity index (χ1v) is 21.0. The predicted molar refractivity (Wildman–Crippen MR) is 216 cm³/mol. The SMILES string of the molecule is CC/C=C\C/C=C\C/C=C\C/C=C\C/C=C\C/C=C\CCCCC(=O)NC(COP(=O)(O)OCC[N+](C)(C)C)C(O)/C=C/CCCCCCCC. The zero-order chi connectivity index (χ0) is 37.9. The van der Waals surface area contributed by atoms with Crippen molar-refractivity contribution in [3.05, 3.63) is 85.1 Å². The summed E-state index contributed by atoms with van der Waals surface area (Å²) in [7, 11) is 1.52. The van der Waals surface area contributed by atoms with Gasteiger partial charge < -0.3 is 19.8 Å². The van der Waals surface area contributed by atoms with Gasteiger partial charge >= 0.3 is 7.82 Å². The molecule has 51 heavy (non-hydrogen) atoms. The standard InChI is InChI=1S/C42H73N2O6P/c1-6-8-10-12-14-16-17-18-19-20-21-22-23-24-25-26-27-28-30-32-34-36-42(46)43-40(39-50-51(47,48)49-38-37-44(3,4)5)41(45)35-33-31-29-15-13-11-9-7-2/h8,10,14,16,18-19,21-22,24-25,27-28,33,35,40-41,45H,6-7,9,11-13,15,17,20,23,26,29-32,34,36-39H2,1-5H3,(H-,43,46,47,48)/p+1/b10-8-,16-14-,19-18-,22-21-,25-24-,28-27-,35-33+. The normalized spacial score (nSPS) is 15.5. The topological polar surface area (TPSA) is 105 Å². The first-order valence-electron chi connectivity index (χ1n) is 19.5. The highest BCUT2D eigenvalue weighted by Gasteiger charge is 2.27. The van der Waals surface area contributed by atoms with Crippen molar-refractivity contribution in [1.29, 1.82) is 0 Å². The highest BCUT2D eigenvalue weighted by Crippen LogP contribution is 2.43. The van der Waals surface area contributed by atoms with Crippen LogP contribution in [0.4, 0.5) is 0 Å². The van der Waals surface area contributed by atoms with Crippen LogP contribution in [0.25, 0.3) is 0 Å². The lowest BCUT2D eigenvalue weighted by atomic mass is 10.1. The van der Waals surface area contributed by atoms with Crippen molar-refractivity contribution in [2.24, 2.45) is 0 Å². The summed E-state index contributed by atoms with van der Waals surface area (Å²) in [5.74, 6) is -0.228. The molecular formula is C42H74N2O6P+. The molecule has 0 aliphatic carbocycles. The molecule has 0 aromatic heterocycles. The predicted octanol–water partition coefficient (Wildman–Crippen LogP) is 10.2. The first kappa shape index (κ1) is 48.7. The van der Waals surface area contributed by atoms with Gasteiger partial charge in [-0.15, -0.1) is 0 Å². The Hall–Kier alpha value is -2.32. The van der Waals surface area contributed by atoms with Crippen molar-refractivity contribution in [2.45, 2.75) is 135 Å². The molecule has 0 aliphatic heterocycles. The van der Waals surface area contributed by atoms with E-state index in [4.69, 9.17) is 9.05 Å². The van der Waals surface area contributed by atoms with Gasteiger partial charge in [0.1, 0.15) is 13.2 Å². The molecular weight excluding hydrogens is 659 g/mol. The van der Waals surface area contributed by atoms with E-state index >= 15 is 0 Å². The van der Waals surface area contributed by atoms with E-state index in [1.165, 1.54) is 25.7 Å². The second-order valence-corrected chi connectivity index (χ2v) is 15.4. The fourth-order valence-corrected chi connectivity index (χ4v) is 5.48. The molecule has 0 saturated heterocycles. The Morgan fingerprint density at radius 2 is 1.18 bits per heavy atom. The van der Waals surface area contributed by atoms with Crippen molar-refractivity contribution in [3.8, 4) is 0 Å². The monoisotopic (exact) mass is 734 g/mol. The third kappa shape index (κ3) is 35.9. The van der Waals surface area contributed by atoms with Gasteiger partial charge in [0.15, 0.2) is 0 Å². The lowest BCUT2D eigenvalue weighted by Gasteiger charge is -2.25. The lowest BCUT2D eigenvalue weighted by molar-refractivity contribution is -0.870. The minimum Gasteiger partial charge on any atom is -0.387 e. The number of phosphoric acid groups is 1. The van der Waals surface area contributed by atoms with Crippen LogP contribution < -0.4 is 5.32 Å². The van der Waals surface area contributed by atoms with Crippen molar-refractivity contribution in [1.82, 2.24) is 5.32 Å². The summed E-state index contributed by atoms with van der Waals surface area (Å²) in [5, 5.41) is 13.6. The number of carbonyl (C=O) groups is 1. The van der Waals surface area contributed by atoms with Crippen molar-refractivity contribution in [2.75, 3.05) is 40.9 Å². The average molecular weight is 734 g/mol. The van der Waals surface area contributed by atoms with E-state index in [1.807, 2.05) is 27.2 Å². The van der Waals surface area contributed by atoms with Gasteiger partial charge in [-0.25, -0.2) is 4.57 Å². The number of nitrogens with zero attached hydrogens (tertiary/aromatic N) is 1. The number of amides is 1. The fraction of sp³-hybridized carbons (Fsp3) is 0.643. The number of allylic oxidation sites excluding steroid dienone is 13. The van der Waals surface area contributed by atoms with Crippen molar-refractivity contribution >= 4 is 13.7 Å². The third-order valence-corrected chi connectivity index (χ3v) is 8.86. The summed E-state index contributed by atoms with van der Waals surface area (Å²) in [6.07, 6.45) is 45.2. The largest absolute Gasteiger partial charge is 0.472 e. The molecule has 0 saturated carbocycles. The number of nitrogens with one attached hydrogen (secondary N) is 1. The molecule has 0 fully saturated rings. The second-order valence-electron chi connectivity index (χ2n) is 13.9. The van der Waals surface area contributed by atoms with Crippen LogP contribution in [0.1, 0.15) is 123 Å². The summed E-state index contributed by atoms with van der Waals surface area (Å²) < 4.78 is 23.4. The summed E-state index contributed by atoms with van der Waals surface area (Å²) >= 11 is 0. The van der Waals surface area contributed by atoms with Crippen LogP contribution >= 0.6 is 7.82 Å². The quantitative estimate of drug-likeness (QED) is 0.0268. The average Bonchev–Trinajstić information content (AvgIpc) is 3.07. The zero-order valence-electron chi connectivity index (χ0n) is 32.8. The molecule has 0 spiro atoms. The number of rotatable bonds is 33. The van der Waals surface area contributed by atoms with E-state index in [9.17, 15) is 19.4 Å².